The molecule has 4 saturated carbocycles. The number of aryl methyl sites for hydroxylation is 1. The van der Waals surface area contributed by atoms with Crippen molar-refractivity contribution >= 4 is 5.91 Å². The number of nitrogens with zero attached hydrogens (tertiary/aromatic N) is 1. The molecule has 140 valence electrons. The van der Waals surface area contributed by atoms with Crippen molar-refractivity contribution in [2.75, 3.05) is 13.7 Å². The van der Waals surface area contributed by atoms with Gasteiger partial charge in [0, 0.05) is 12.6 Å². The number of likely N-dealkylation sites (tertiary alicyclic amines) is 1. The van der Waals surface area contributed by atoms with Gasteiger partial charge in [-0.1, -0.05) is 6.07 Å². The van der Waals surface area contributed by atoms with E-state index in [2.05, 4.69) is 30.9 Å². The molecule has 1 heterocycles. The number of carbonyl (C=O) groups is 1. The molecule has 1 saturated heterocycles. The average molecular weight is 354 g/mol. The molecule has 6 rings (SSSR count). The molecule has 1 aliphatic heterocycles. The minimum absolute atomic E-state index is 0.214. The topological polar surface area (TPSA) is 29.5 Å². The molecule has 4 aliphatic carbocycles. The Hall–Kier alpha value is -1.51. The van der Waals surface area contributed by atoms with Crippen LogP contribution in [0.2, 0.25) is 0 Å². The largest absolute Gasteiger partial charge is 0.497 e. The maximum Gasteiger partial charge on any atom is 0.230 e. The third kappa shape index (κ3) is 2.42. The van der Waals surface area contributed by atoms with E-state index >= 15 is 0 Å². The molecular weight excluding hydrogens is 322 g/mol. The third-order valence-electron chi connectivity index (χ3n) is 7.96. The standard InChI is InChI=1S/C23H31NO2/c1-14-6-20(26-3)5-4-17(14)12-23(2)13-24(22(23)25)21-18-8-15-7-16(10-18)11-19(21)9-15/h4-6,15-16,18-19,21H,7-13H2,1-3H3. The van der Waals surface area contributed by atoms with Gasteiger partial charge in [-0.2, -0.15) is 0 Å². The molecule has 3 nitrogen and oxygen atoms in total. The van der Waals surface area contributed by atoms with E-state index in [1.807, 2.05) is 6.07 Å². The smallest absolute Gasteiger partial charge is 0.230 e. The lowest BCUT2D eigenvalue weighted by molar-refractivity contribution is -0.176. The number of amides is 1. The van der Waals surface area contributed by atoms with E-state index in [1.165, 1.54) is 43.2 Å². The number of methoxy groups -OCH3 is 1. The first-order chi connectivity index (χ1) is 12.5. The maximum atomic E-state index is 13.2. The number of carbonyl (C=O) groups excluding carboxylic acids is 1. The fourth-order valence-electron chi connectivity index (χ4n) is 6.96. The molecule has 1 aromatic carbocycles. The van der Waals surface area contributed by atoms with Gasteiger partial charge in [0.15, 0.2) is 0 Å². The zero-order valence-corrected chi connectivity index (χ0v) is 16.3. The van der Waals surface area contributed by atoms with Crippen LogP contribution in [0.25, 0.3) is 0 Å². The number of rotatable bonds is 4. The summed E-state index contributed by atoms with van der Waals surface area (Å²) in [7, 11) is 1.70. The Balaban J connectivity index is 1.31. The summed E-state index contributed by atoms with van der Waals surface area (Å²) in [5.41, 5.74) is 2.30. The predicted octanol–water partition coefficient (Wildman–Crippen LogP) is 4.22. The Morgan fingerprint density at radius 3 is 2.31 bits per heavy atom. The highest BCUT2D eigenvalue weighted by molar-refractivity contribution is 5.89. The molecule has 5 fully saturated rings. The second kappa shape index (κ2) is 5.74. The monoisotopic (exact) mass is 353 g/mol. The van der Waals surface area contributed by atoms with Crippen molar-refractivity contribution in [3.05, 3.63) is 29.3 Å². The van der Waals surface area contributed by atoms with Crippen molar-refractivity contribution in [2.45, 2.75) is 58.4 Å². The summed E-state index contributed by atoms with van der Waals surface area (Å²) in [6.07, 6.45) is 7.87. The number of β-lactam (4-membered cyclic amide) rings is 1. The van der Waals surface area contributed by atoms with Crippen LogP contribution in [0, 0.1) is 36.0 Å². The predicted molar refractivity (Wildman–Crippen MR) is 102 cm³/mol. The van der Waals surface area contributed by atoms with E-state index in [0.717, 1.165) is 42.4 Å². The number of hydrogen-bond acceptors (Lipinski definition) is 2. The number of benzene rings is 1. The summed E-state index contributed by atoms with van der Waals surface area (Å²) in [4.78, 5) is 15.5. The van der Waals surface area contributed by atoms with Crippen LogP contribution in [-0.4, -0.2) is 30.5 Å². The molecule has 4 bridgehead atoms. The van der Waals surface area contributed by atoms with Gasteiger partial charge in [0.1, 0.15) is 5.75 Å². The highest BCUT2D eigenvalue weighted by atomic mass is 16.5. The van der Waals surface area contributed by atoms with Crippen molar-refractivity contribution < 1.29 is 9.53 Å². The van der Waals surface area contributed by atoms with Crippen LogP contribution in [0.4, 0.5) is 0 Å². The number of hydrogen-bond donors (Lipinski definition) is 0. The molecule has 0 N–H and O–H groups in total. The van der Waals surface area contributed by atoms with E-state index < -0.39 is 0 Å². The summed E-state index contributed by atoms with van der Waals surface area (Å²) in [5.74, 6) is 4.83. The van der Waals surface area contributed by atoms with Crippen LogP contribution in [0.15, 0.2) is 18.2 Å². The Labute approximate surface area is 157 Å². The first-order valence-electron chi connectivity index (χ1n) is 10.4. The molecule has 0 radical (unpaired) electrons. The quantitative estimate of drug-likeness (QED) is 0.759. The van der Waals surface area contributed by atoms with E-state index in [-0.39, 0.29) is 5.41 Å². The summed E-state index contributed by atoms with van der Waals surface area (Å²) < 4.78 is 5.32. The van der Waals surface area contributed by atoms with Crippen molar-refractivity contribution in [1.82, 2.24) is 4.90 Å². The van der Waals surface area contributed by atoms with Crippen molar-refractivity contribution in [3.8, 4) is 5.75 Å². The lowest BCUT2D eigenvalue weighted by Gasteiger charge is -2.61. The Morgan fingerprint density at radius 2 is 1.77 bits per heavy atom. The molecule has 0 spiro atoms. The maximum absolute atomic E-state index is 13.2. The van der Waals surface area contributed by atoms with E-state index in [1.54, 1.807) is 7.11 Å². The van der Waals surface area contributed by atoms with Gasteiger partial charge in [-0.25, -0.2) is 0 Å². The molecular formula is C23H31NO2. The van der Waals surface area contributed by atoms with Crippen LogP contribution in [-0.2, 0) is 11.2 Å². The number of ether oxygens (including phenoxy) is 1. The second-order valence-corrected chi connectivity index (χ2v) is 9.88. The van der Waals surface area contributed by atoms with Gasteiger partial charge in [0.05, 0.1) is 12.5 Å². The average Bonchev–Trinajstić information content (AvgIpc) is 2.61. The van der Waals surface area contributed by atoms with Crippen LogP contribution >= 0.6 is 0 Å². The van der Waals surface area contributed by atoms with Crippen LogP contribution in [0.1, 0.15) is 50.2 Å². The molecule has 1 unspecified atom stereocenters. The lowest BCUT2D eigenvalue weighted by atomic mass is 9.53. The Bertz CT molecular complexity index is 714. The van der Waals surface area contributed by atoms with Gasteiger partial charge in [-0.05, 0) is 99.3 Å². The third-order valence-corrected chi connectivity index (χ3v) is 7.96. The molecule has 5 aliphatic rings. The molecule has 1 aromatic rings. The molecule has 1 atom stereocenters. The van der Waals surface area contributed by atoms with Gasteiger partial charge < -0.3 is 9.64 Å². The fourth-order valence-corrected chi connectivity index (χ4v) is 6.96. The summed E-state index contributed by atoms with van der Waals surface area (Å²) in [6.45, 7) is 5.25. The minimum Gasteiger partial charge on any atom is -0.497 e. The summed E-state index contributed by atoms with van der Waals surface area (Å²) in [6, 6.07) is 6.79. The minimum atomic E-state index is -0.214. The van der Waals surface area contributed by atoms with Gasteiger partial charge in [-0.15, -0.1) is 0 Å². The summed E-state index contributed by atoms with van der Waals surface area (Å²) >= 11 is 0. The highest BCUT2D eigenvalue weighted by Crippen LogP contribution is 2.57. The highest BCUT2D eigenvalue weighted by Gasteiger charge is 2.57. The Morgan fingerprint density at radius 1 is 1.12 bits per heavy atom. The molecule has 3 heteroatoms. The Kier molecular flexibility index (Phi) is 3.68. The molecule has 1 amide bonds. The van der Waals surface area contributed by atoms with Crippen molar-refractivity contribution in [2.24, 2.45) is 29.1 Å². The lowest BCUT2D eigenvalue weighted by Crippen LogP contribution is -2.69. The van der Waals surface area contributed by atoms with Gasteiger partial charge >= 0.3 is 0 Å². The molecule has 0 aromatic heterocycles. The van der Waals surface area contributed by atoms with Crippen molar-refractivity contribution in [3.63, 3.8) is 0 Å². The van der Waals surface area contributed by atoms with E-state index in [4.69, 9.17) is 4.74 Å². The van der Waals surface area contributed by atoms with Crippen LogP contribution in [0.3, 0.4) is 0 Å². The van der Waals surface area contributed by atoms with E-state index in [0.29, 0.717) is 11.9 Å². The fraction of sp³-hybridized carbons (Fsp3) is 0.696. The van der Waals surface area contributed by atoms with Gasteiger partial charge in [0.25, 0.3) is 0 Å². The summed E-state index contributed by atoms with van der Waals surface area (Å²) in [5, 5.41) is 0. The van der Waals surface area contributed by atoms with Crippen LogP contribution in [0.5, 0.6) is 5.75 Å². The van der Waals surface area contributed by atoms with E-state index in [9.17, 15) is 4.79 Å². The first kappa shape index (κ1) is 16.6. The second-order valence-electron chi connectivity index (χ2n) is 9.88. The van der Waals surface area contributed by atoms with Crippen molar-refractivity contribution in [1.29, 1.82) is 0 Å². The zero-order chi connectivity index (χ0) is 18.1. The normalized spacial score (nSPS) is 40.7. The van der Waals surface area contributed by atoms with Crippen LogP contribution < -0.4 is 4.74 Å². The zero-order valence-electron chi connectivity index (χ0n) is 16.3. The molecule has 26 heavy (non-hydrogen) atoms. The van der Waals surface area contributed by atoms with Gasteiger partial charge in [-0.3, -0.25) is 4.79 Å². The SMILES string of the molecule is COc1ccc(CC2(C)CN(C3C4CC5CC(C4)CC3C5)C2=O)c(C)c1. The van der Waals surface area contributed by atoms with Gasteiger partial charge in [0.2, 0.25) is 5.91 Å². The first-order valence-corrected chi connectivity index (χ1v) is 10.4.